The molecule has 1 aromatic rings. The molecule has 1 aromatic carbocycles. The summed E-state index contributed by atoms with van der Waals surface area (Å²) in [5.41, 5.74) is 0.180. The standard InChI is InChI=1S/C21H31N3O3/c1-16(2)15-24-13-12-22(3)20(26)21(24)8-10-23(11-9-21)19(25)17-6-5-7-18(14-17)27-4/h5-7,14,16H,8-13,15H2,1-4H3. The van der Waals surface area contributed by atoms with E-state index in [1.807, 2.05) is 35.0 Å². The lowest BCUT2D eigenvalue weighted by atomic mass is 9.81. The normalized spacial score (nSPS) is 20.4. The lowest BCUT2D eigenvalue weighted by molar-refractivity contribution is -0.154. The Morgan fingerprint density at radius 2 is 1.89 bits per heavy atom. The smallest absolute Gasteiger partial charge is 0.253 e. The quantitative estimate of drug-likeness (QED) is 0.811. The molecule has 0 unspecified atom stereocenters. The van der Waals surface area contributed by atoms with Crippen LogP contribution in [0.4, 0.5) is 0 Å². The third-order valence-electron chi connectivity index (χ3n) is 5.84. The van der Waals surface area contributed by atoms with Gasteiger partial charge in [0.2, 0.25) is 5.91 Å². The lowest BCUT2D eigenvalue weighted by Gasteiger charge is -2.52. The van der Waals surface area contributed by atoms with Gasteiger partial charge in [-0.25, -0.2) is 0 Å². The Labute approximate surface area is 162 Å². The summed E-state index contributed by atoms with van der Waals surface area (Å²) in [5.74, 6) is 1.41. The summed E-state index contributed by atoms with van der Waals surface area (Å²) in [7, 11) is 3.49. The molecule has 27 heavy (non-hydrogen) atoms. The molecule has 0 radical (unpaired) electrons. The summed E-state index contributed by atoms with van der Waals surface area (Å²) in [4.78, 5) is 32.1. The third kappa shape index (κ3) is 3.81. The zero-order chi connectivity index (χ0) is 19.6. The van der Waals surface area contributed by atoms with Gasteiger partial charge in [-0.3, -0.25) is 14.5 Å². The van der Waals surface area contributed by atoms with Crippen molar-refractivity contribution in [2.75, 3.05) is 46.9 Å². The van der Waals surface area contributed by atoms with Crippen molar-refractivity contribution in [3.05, 3.63) is 29.8 Å². The number of likely N-dealkylation sites (tertiary alicyclic amines) is 1. The first-order chi connectivity index (χ1) is 12.9. The summed E-state index contributed by atoms with van der Waals surface area (Å²) in [6, 6.07) is 7.26. The van der Waals surface area contributed by atoms with Crippen LogP contribution in [0.15, 0.2) is 24.3 Å². The number of carbonyl (C=O) groups excluding carboxylic acids is 2. The number of hydrogen-bond donors (Lipinski definition) is 0. The highest BCUT2D eigenvalue weighted by Gasteiger charge is 2.50. The van der Waals surface area contributed by atoms with E-state index >= 15 is 0 Å². The van der Waals surface area contributed by atoms with Crippen molar-refractivity contribution in [2.24, 2.45) is 5.92 Å². The van der Waals surface area contributed by atoms with Crippen LogP contribution in [0.5, 0.6) is 5.75 Å². The molecule has 6 nitrogen and oxygen atoms in total. The van der Waals surface area contributed by atoms with Crippen molar-refractivity contribution in [1.29, 1.82) is 0 Å². The molecule has 0 N–H and O–H groups in total. The molecule has 2 saturated heterocycles. The van der Waals surface area contributed by atoms with Gasteiger partial charge in [0.15, 0.2) is 0 Å². The van der Waals surface area contributed by atoms with Crippen LogP contribution in [0, 0.1) is 5.92 Å². The Balaban J connectivity index is 1.75. The first-order valence-corrected chi connectivity index (χ1v) is 9.81. The minimum absolute atomic E-state index is 0.00997. The molecule has 0 saturated carbocycles. The zero-order valence-electron chi connectivity index (χ0n) is 16.9. The summed E-state index contributed by atoms with van der Waals surface area (Å²) >= 11 is 0. The highest BCUT2D eigenvalue weighted by molar-refractivity contribution is 5.95. The van der Waals surface area contributed by atoms with Crippen LogP contribution in [0.1, 0.15) is 37.0 Å². The van der Waals surface area contributed by atoms with Crippen molar-refractivity contribution in [3.8, 4) is 5.75 Å². The van der Waals surface area contributed by atoms with Crippen molar-refractivity contribution < 1.29 is 14.3 Å². The van der Waals surface area contributed by atoms with Gasteiger partial charge in [-0.1, -0.05) is 19.9 Å². The van der Waals surface area contributed by atoms with Crippen LogP contribution >= 0.6 is 0 Å². The maximum absolute atomic E-state index is 13.1. The van der Waals surface area contributed by atoms with Gasteiger partial charge in [0.1, 0.15) is 11.3 Å². The predicted octanol–water partition coefficient (Wildman–Crippen LogP) is 2.10. The average molecular weight is 373 g/mol. The number of hydrogen-bond acceptors (Lipinski definition) is 4. The van der Waals surface area contributed by atoms with E-state index in [9.17, 15) is 9.59 Å². The average Bonchev–Trinajstić information content (AvgIpc) is 2.68. The number of ether oxygens (including phenoxy) is 1. The van der Waals surface area contributed by atoms with E-state index in [-0.39, 0.29) is 11.8 Å². The maximum Gasteiger partial charge on any atom is 0.253 e. The van der Waals surface area contributed by atoms with Gasteiger partial charge >= 0.3 is 0 Å². The molecule has 0 bridgehead atoms. The number of nitrogens with zero attached hydrogens (tertiary/aromatic N) is 3. The molecule has 3 rings (SSSR count). The first kappa shape index (κ1) is 19.7. The van der Waals surface area contributed by atoms with Gasteiger partial charge < -0.3 is 14.5 Å². The zero-order valence-corrected chi connectivity index (χ0v) is 16.9. The van der Waals surface area contributed by atoms with Gasteiger partial charge in [-0.05, 0) is 37.0 Å². The van der Waals surface area contributed by atoms with Crippen LogP contribution in [-0.4, -0.2) is 78.9 Å². The Morgan fingerprint density at radius 3 is 2.52 bits per heavy atom. The Bertz CT molecular complexity index is 696. The van der Waals surface area contributed by atoms with Crippen molar-refractivity contribution in [3.63, 3.8) is 0 Å². The van der Waals surface area contributed by atoms with E-state index in [1.165, 1.54) is 0 Å². The van der Waals surface area contributed by atoms with Crippen LogP contribution in [-0.2, 0) is 4.79 Å². The van der Waals surface area contributed by atoms with E-state index in [2.05, 4.69) is 18.7 Å². The number of rotatable bonds is 4. The molecule has 2 amide bonds. The molecule has 1 spiro atoms. The summed E-state index contributed by atoms with van der Waals surface area (Å²) in [5, 5.41) is 0. The van der Waals surface area contributed by atoms with E-state index in [0.717, 1.165) is 19.6 Å². The van der Waals surface area contributed by atoms with Gasteiger partial charge in [-0.15, -0.1) is 0 Å². The fourth-order valence-electron chi connectivity index (χ4n) is 4.33. The largest absolute Gasteiger partial charge is 0.497 e. The monoisotopic (exact) mass is 373 g/mol. The fraction of sp³-hybridized carbons (Fsp3) is 0.619. The molecule has 2 aliphatic heterocycles. The molecule has 148 valence electrons. The molecule has 0 aromatic heterocycles. The molecule has 6 heteroatoms. The lowest BCUT2D eigenvalue weighted by Crippen LogP contribution is -2.68. The predicted molar refractivity (Wildman–Crippen MR) is 105 cm³/mol. The summed E-state index contributed by atoms with van der Waals surface area (Å²) in [6.07, 6.45) is 1.39. The summed E-state index contributed by atoms with van der Waals surface area (Å²) < 4.78 is 5.23. The Kier molecular flexibility index (Phi) is 5.75. The van der Waals surface area contributed by atoms with Crippen molar-refractivity contribution >= 4 is 11.8 Å². The second-order valence-corrected chi connectivity index (χ2v) is 8.12. The second kappa shape index (κ2) is 7.89. The number of methoxy groups -OCH3 is 1. The van der Waals surface area contributed by atoms with Crippen LogP contribution < -0.4 is 4.74 Å². The minimum atomic E-state index is -0.456. The Hall–Kier alpha value is -2.08. The van der Waals surface area contributed by atoms with Crippen LogP contribution in [0.3, 0.4) is 0 Å². The molecule has 0 aliphatic carbocycles. The fourth-order valence-corrected chi connectivity index (χ4v) is 4.33. The van der Waals surface area contributed by atoms with E-state index in [1.54, 1.807) is 13.2 Å². The number of carbonyl (C=O) groups is 2. The highest BCUT2D eigenvalue weighted by Crippen LogP contribution is 2.34. The molecular weight excluding hydrogens is 342 g/mol. The number of piperazine rings is 1. The van der Waals surface area contributed by atoms with Crippen molar-refractivity contribution in [2.45, 2.75) is 32.2 Å². The summed E-state index contributed by atoms with van der Waals surface area (Å²) in [6.45, 7) is 8.19. The van der Waals surface area contributed by atoms with E-state index < -0.39 is 5.54 Å². The van der Waals surface area contributed by atoms with Crippen LogP contribution in [0.2, 0.25) is 0 Å². The van der Waals surface area contributed by atoms with Gasteiger partial charge in [0, 0.05) is 45.3 Å². The van der Waals surface area contributed by atoms with Gasteiger partial charge in [0.25, 0.3) is 5.91 Å². The molecule has 2 heterocycles. The van der Waals surface area contributed by atoms with Crippen LogP contribution in [0.25, 0.3) is 0 Å². The highest BCUT2D eigenvalue weighted by atomic mass is 16.5. The molecule has 0 atom stereocenters. The first-order valence-electron chi connectivity index (χ1n) is 9.81. The third-order valence-corrected chi connectivity index (χ3v) is 5.84. The van der Waals surface area contributed by atoms with Gasteiger partial charge in [0.05, 0.1) is 7.11 Å². The van der Waals surface area contributed by atoms with E-state index in [4.69, 9.17) is 4.74 Å². The molecule has 2 fully saturated rings. The number of likely N-dealkylation sites (N-methyl/N-ethyl adjacent to an activating group) is 1. The maximum atomic E-state index is 13.1. The Morgan fingerprint density at radius 1 is 1.19 bits per heavy atom. The number of piperidine rings is 1. The molecular formula is C21H31N3O3. The number of benzene rings is 1. The van der Waals surface area contributed by atoms with E-state index in [0.29, 0.717) is 43.2 Å². The number of amides is 2. The second-order valence-electron chi connectivity index (χ2n) is 8.12. The molecule has 2 aliphatic rings. The topological polar surface area (TPSA) is 53.1 Å². The van der Waals surface area contributed by atoms with Gasteiger partial charge in [-0.2, -0.15) is 0 Å². The SMILES string of the molecule is COc1cccc(C(=O)N2CCC3(CC2)C(=O)N(C)CCN3CC(C)C)c1. The minimum Gasteiger partial charge on any atom is -0.497 e. The van der Waals surface area contributed by atoms with Crippen molar-refractivity contribution in [1.82, 2.24) is 14.7 Å².